The van der Waals surface area contributed by atoms with Crippen LogP contribution in [-0.2, 0) is 22.2 Å². The highest BCUT2D eigenvalue weighted by Gasteiger charge is 2.31. The summed E-state index contributed by atoms with van der Waals surface area (Å²) in [7, 11) is 0. The second-order valence-corrected chi connectivity index (χ2v) is 6.04. The van der Waals surface area contributed by atoms with Crippen molar-refractivity contribution in [3.8, 4) is 5.75 Å². The summed E-state index contributed by atoms with van der Waals surface area (Å²) in [5.74, 6) is -0.546. The van der Waals surface area contributed by atoms with Crippen molar-refractivity contribution in [3.05, 3.63) is 59.2 Å². The second-order valence-electron chi connectivity index (χ2n) is 6.04. The van der Waals surface area contributed by atoms with Crippen LogP contribution in [-0.4, -0.2) is 18.4 Å². The molecule has 0 aliphatic carbocycles. The van der Waals surface area contributed by atoms with Crippen LogP contribution < -0.4 is 15.4 Å². The molecule has 1 heterocycles. The van der Waals surface area contributed by atoms with Gasteiger partial charge in [0, 0.05) is 11.3 Å². The zero-order chi connectivity index (χ0) is 19.6. The fourth-order valence-electron chi connectivity index (χ4n) is 2.87. The van der Waals surface area contributed by atoms with Crippen LogP contribution in [0.5, 0.6) is 5.75 Å². The molecule has 0 radical (unpaired) electrons. The lowest BCUT2D eigenvalue weighted by Gasteiger charge is -2.18. The molecule has 0 spiro atoms. The number of fused-ring (bicyclic) bond motifs is 1. The van der Waals surface area contributed by atoms with E-state index < -0.39 is 29.6 Å². The molecule has 0 saturated carbocycles. The van der Waals surface area contributed by atoms with Gasteiger partial charge in [-0.3, -0.25) is 9.59 Å². The van der Waals surface area contributed by atoms with Gasteiger partial charge in [-0.15, -0.1) is 0 Å². The predicted octanol–water partition coefficient (Wildman–Crippen LogP) is 3.46. The van der Waals surface area contributed by atoms with Crippen LogP contribution in [0.1, 0.15) is 29.7 Å². The van der Waals surface area contributed by atoms with E-state index in [1.807, 2.05) is 13.0 Å². The topological polar surface area (TPSA) is 67.4 Å². The van der Waals surface area contributed by atoms with Crippen LogP contribution in [0.2, 0.25) is 0 Å². The molecule has 1 aliphatic heterocycles. The number of ether oxygens (including phenoxy) is 1. The minimum absolute atomic E-state index is 0.195. The van der Waals surface area contributed by atoms with E-state index in [2.05, 4.69) is 10.6 Å². The number of carbonyl (C=O) groups is 2. The molecule has 2 N–H and O–H groups in total. The Morgan fingerprint density at radius 2 is 1.93 bits per heavy atom. The van der Waals surface area contributed by atoms with Gasteiger partial charge in [0.1, 0.15) is 11.8 Å². The van der Waals surface area contributed by atoms with Gasteiger partial charge in [0.25, 0.3) is 11.8 Å². The van der Waals surface area contributed by atoms with Crippen LogP contribution in [0.15, 0.2) is 42.5 Å². The highest BCUT2D eigenvalue weighted by atomic mass is 19.4. The molecule has 142 valence electrons. The van der Waals surface area contributed by atoms with Crippen molar-refractivity contribution in [3.63, 3.8) is 0 Å². The monoisotopic (exact) mass is 378 g/mol. The fraction of sp³-hybridized carbons (Fsp3) is 0.263. The Labute approximate surface area is 153 Å². The third-order valence-electron chi connectivity index (χ3n) is 4.21. The van der Waals surface area contributed by atoms with E-state index >= 15 is 0 Å². The first-order valence-corrected chi connectivity index (χ1v) is 8.31. The zero-order valence-electron chi connectivity index (χ0n) is 14.4. The van der Waals surface area contributed by atoms with E-state index in [1.165, 1.54) is 12.1 Å². The van der Waals surface area contributed by atoms with Crippen LogP contribution >= 0.6 is 0 Å². The van der Waals surface area contributed by atoms with Gasteiger partial charge in [-0.1, -0.05) is 25.1 Å². The standard InChI is InChI=1S/C19H17F3N2O3/c1-2-11-4-3-5-14-16(24-15(25)10-27-17(11)14)18(26)23-13-8-6-12(7-9-13)19(20,21)22/h3-9,16H,2,10H2,1H3,(H,23,26)(H,24,25). The van der Waals surface area contributed by atoms with E-state index in [0.717, 1.165) is 17.7 Å². The largest absolute Gasteiger partial charge is 0.483 e. The van der Waals surface area contributed by atoms with Crippen molar-refractivity contribution in [2.24, 2.45) is 0 Å². The first kappa shape index (κ1) is 18.8. The molecule has 8 heteroatoms. The van der Waals surface area contributed by atoms with Crippen molar-refractivity contribution in [2.75, 3.05) is 11.9 Å². The summed E-state index contributed by atoms with van der Waals surface area (Å²) in [6, 6.07) is 8.37. The molecule has 3 rings (SSSR count). The molecular formula is C19H17F3N2O3. The molecule has 1 unspecified atom stereocenters. The number of rotatable bonds is 3. The molecule has 0 saturated heterocycles. The predicted molar refractivity (Wildman–Crippen MR) is 92.3 cm³/mol. The number of hydrogen-bond donors (Lipinski definition) is 2. The molecule has 5 nitrogen and oxygen atoms in total. The zero-order valence-corrected chi connectivity index (χ0v) is 14.4. The molecule has 2 aromatic carbocycles. The van der Waals surface area contributed by atoms with Gasteiger partial charge in [0.05, 0.1) is 5.56 Å². The van der Waals surface area contributed by atoms with Gasteiger partial charge < -0.3 is 15.4 Å². The average molecular weight is 378 g/mol. The summed E-state index contributed by atoms with van der Waals surface area (Å²) >= 11 is 0. The Bertz CT molecular complexity index is 863. The molecule has 1 aliphatic rings. The lowest BCUT2D eigenvalue weighted by Crippen LogP contribution is -2.37. The number of para-hydroxylation sites is 1. The molecule has 2 aromatic rings. The molecular weight excluding hydrogens is 361 g/mol. The molecule has 0 fully saturated rings. The maximum Gasteiger partial charge on any atom is 0.416 e. The number of aryl methyl sites for hydroxylation is 1. The number of halogens is 3. The Balaban J connectivity index is 1.87. The third-order valence-corrected chi connectivity index (χ3v) is 4.21. The molecule has 1 atom stereocenters. The lowest BCUT2D eigenvalue weighted by molar-refractivity contribution is -0.137. The van der Waals surface area contributed by atoms with Crippen molar-refractivity contribution in [2.45, 2.75) is 25.6 Å². The summed E-state index contributed by atoms with van der Waals surface area (Å²) in [6.45, 7) is 1.71. The van der Waals surface area contributed by atoms with Crippen LogP contribution in [0, 0.1) is 0 Å². The van der Waals surface area contributed by atoms with Gasteiger partial charge in [-0.25, -0.2) is 0 Å². The van der Waals surface area contributed by atoms with E-state index in [1.54, 1.807) is 12.1 Å². The minimum atomic E-state index is -4.45. The number of anilines is 1. The van der Waals surface area contributed by atoms with Gasteiger partial charge >= 0.3 is 6.18 Å². The number of amides is 2. The Hall–Kier alpha value is -3.03. The first-order chi connectivity index (χ1) is 12.8. The summed E-state index contributed by atoms with van der Waals surface area (Å²) in [4.78, 5) is 24.6. The summed E-state index contributed by atoms with van der Waals surface area (Å²) in [5, 5.41) is 5.13. The number of benzene rings is 2. The summed E-state index contributed by atoms with van der Waals surface area (Å²) < 4.78 is 43.5. The van der Waals surface area contributed by atoms with E-state index in [0.29, 0.717) is 17.7 Å². The van der Waals surface area contributed by atoms with Crippen LogP contribution in [0.4, 0.5) is 18.9 Å². The smallest absolute Gasteiger partial charge is 0.416 e. The maximum absolute atomic E-state index is 12.7. The average Bonchev–Trinajstić information content (AvgIpc) is 2.80. The van der Waals surface area contributed by atoms with Crippen LogP contribution in [0.3, 0.4) is 0 Å². The normalized spacial score (nSPS) is 16.6. The van der Waals surface area contributed by atoms with Crippen molar-refractivity contribution >= 4 is 17.5 Å². The van der Waals surface area contributed by atoms with Gasteiger partial charge in [-0.2, -0.15) is 13.2 Å². The third kappa shape index (κ3) is 4.05. The highest BCUT2D eigenvalue weighted by molar-refractivity contribution is 5.99. The van der Waals surface area contributed by atoms with Gasteiger partial charge in [-0.05, 0) is 36.2 Å². The van der Waals surface area contributed by atoms with E-state index in [4.69, 9.17) is 4.74 Å². The lowest BCUT2D eigenvalue weighted by atomic mass is 10.00. The Morgan fingerprint density at radius 1 is 1.22 bits per heavy atom. The molecule has 27 heavy (non-hydrogen) atoms. The number of nitrogens with one attached hydrogen (secondary N) is 2. The molecule has 0 bridgehead atoms. The molecule has 0 aromatic heterocycles. The summed E-state index contributed by atoms with van der Waals surface area (Å²) in [5.41, 5.74) is 0.746. The number of carbonyl (C=O) groups excluding carboxylic acids is 2. The van der Waals surface area contributed by atoms with Crippen molar-refractivity contribution < 1.29 is 27.5 Å². The Morgan fingerprint density at radius 3 is 2.56 bits per heavy atom. The minimum Gasteiger partial charge on any atom is -0.483 e. The van der Waals surface area contributed by atoms with E-state index in [-0.39, 0.29) is 12.3 Å². The second kappa shape index (κ2) is 7.30. The van der Waals surface area contributed by atoms with Crippen LogP contribution in [0.25, 0.3) is 0 Å². The highest BCUT2D eigenvalue weighted by Crippen LogP contribution is 2.33. The quantitative estimate of drug-likeness (QED) is 0.860. The maximum atomic E-state index is 12.7. The Kier molecular flexibility index (Phi) is 5.07. The summed E-state index contributed by atoms with van der Waals surface area (Å²) in [6.07, 6.45) is -3.80. The van der Waals surface area contributed by atoms with Gasteiger partial charge in [0.2, 0.25) is 0 Å². The van der Waals surface area contributed by atoms with Gasteiger partial charge in [0.15, 0.2) is 6.61 Å². The number of alkyl halides is 3. The van der Waals surface area contributed by atoms with Crippen molar-refractivity contribution in [1.82, 2.24) is 5.32 Å². The first-order valence-electron chi connectivity index (χ1n) is 8.31. The van der Waals surface area contributed by atoms with Crippen molar-refractivity contribution in [1.29, 1.82) is 0 Å². The SMILES string of the molecule is CCc1cccc2c1OCC(=O)NC2C(=O)Nc1ccc(C(F)(F)F)cc1. The van der Waals surface area contributed by atoms with E-state index in [9.17, 15) is 22.8 Å². The fourth-order valence-corrected chi connectivity index (χ4v) is 2.87. The molecule has 2 amide bonds. The number of hydrogen-bond acceptors (Lipinski definition) is 3.